The number of nitrogens with one attached hydrogen (secondary N) is 2. The first kappa shape index (κ1) is 21.7. The fraction of sp³-hybridized carbons (Fsp3) is 0.174. The number of fused-ring (bicyclic) bond motifs is 2. The SMILES string of the molecule is CN(c1ccccc1Cn1ccc2cnc(Nc3ccc4c(c3)OCC(=O)N4)nc21)S(C)(=O)=O. The lowest BCUT2D eigenvalue weighted by molar-refractivity contribution is -0.118. The third-order valence-electron chi connectivity index (χ3n) is 5.54. The molecular weight excluding hydrogens is 456 g/mol. The van der Waals surface area contributed by atoms with Crippen molar-refractivity contribution in [3.63, 3.8) is 0 Å². The molecule has 2 aromatic carbocycles. The Morgan fingerprint density at radius 3 is 2.85 bits per heavy atom. The highest BCUT2D eigenvalue weighted by molar-refractivity contribution is 7.92. The van der Waals surface area contributed by atoms with Crippen LogP contribution in [0.25, 0.3) is 11.0 Å². The zero-order valence-corrected chi connectivity index (χ0v) is 19.3. The van der Waals surface area contributed by atoms with Crippen molar-refractivity contribution in [1.82, 2.24) is 14.5 Å². The second kappa shape index (κ2) is 8.34. The Morgan fingerprint density at radius 2 is 2.03 bits per heavy atom. The van der Waals surface area contributed by atoms with E-state index in [0.717, 1.165) is 10.9 Å². The molecule has 3 heterocycles. The van der Waals surface area contributed by atoms with Crippen LogP contribution < -0.4 is 19.7 Å². The van der Waals surface area contributed by atoms with E-state index < -0.39 is 10.0 Å². The summed E-state index contributed by atoms with van der Waals surface area (Å²) < 4.78 is 32.9. The van der Waals surface area contributed by atoms with Crippen LogP contribution >= 0.6 is 0 Å². The maximum atomic E-state index is 12.1. The summed E-state index contributed by atoms with van der Waals surface area (Å²) in [7, 11) is -1.85. The smallest absolute Gasteiger partial charge is 0.262 e. The molecule has 11 heteroatoms. The molecule has 34 heavy (non-hydrogen) atoms. The summed E-state index contributed by atoms with van der Waals surface area (Å²) >= 11 is 0. The van der Waals surface area contributed by atoms with Crippen molar-refractivity contribution in [2.45, 2.75) is 6.54 Å². The zero-order chi connectivity index (χ0) is 23.9. The molecule has 2 N–H and O–H groups in total. The van der Waals surface area contributed by atoms with E-state index in [-0.39, 0.29) is 12.5 Å². The molecule has 174 valence electrons. The van der Waals surface area contributed by atoms with Crippen molar-refractivity contribution in [3.8, 4) is 5.75 Å². The first-order valence-electron chi connectivity index (χ1n) is 10.5. The van der Waals surface area contributed by atoms with Gasteiger partial charge in [-0.05, 0) is 29.8 Å². The van der Waals surface area contributed by atoms with E-state index in [4.69, 9.17) is 4.74 Å². The predicted octanol–water partition coefficient (Wildman–Crippen LogP) is 2.95. The number of benzene rings is 2. The van der Waals surface area contributed by atoms with Gasteiger partial charge in [0.05, 0.1) is 24.2 Å². The Morgan fingerprint density at radius 1 is 1.21 bits per heavy atom. The number of rotatable bonds is 6. The summed E-state index contributed by atoms with van der Waals surface area (Å²) in [5.74, 6) is 0.779. The van der Waals surface area contributed by atoms with Gasteiger partial charge < -0.3 is 19.9 Å². The number of nitrogens with zero attached hydrogens (tertiary/aromatic N) is 4. The van der Waals surface area contributed by atoms with Crippen LogP contribution in [0.4, 0.5) is 23.0 Å². The van der Waals surface area contributed by atoms with E-state index in [2.05, 4.69) is 20.6 Å². The highest BCUT2D eigenvalue weighted by Crippen LogP contribution is 2.31. The minimum atomic E-state index is -3.40. The van der Waals surface area contributed by atoms with Crippen molar-refractivity contribution in [3.05, 3.63) is 66.5 Å². The average Bonchev–Trinajstić information content (AvgIpc) is 3.20. The van der Waals surface area contributed by atoms with Gasteiger partial charge in [0.1, 0.15) is 11.4 Å². The van der Waals surface area contributed by atoms with Crippen LogP contribution in [-0.2, 0) is 21.4 Å². The monoisotopic (exact) mass is 478 g/mol. The lowest BCUT2D eigenvalue weighted by Crippen LogP contribution is -2.26. The molecule has 0 unspecified atom stereocenters. The van der Waals surface area contributed by atoms with Crippen LogP contribution in [0.15, 0.2) is 60.9 Å². The van der Waals surface area contributed by atoms with Crippen LogP contribution in [0.1, 0.15) is 5.56 Å². The van der Waals surface area contributed by atoms with Gasteiger partial charge in [-0.15, -0.1) is 0 Å². The summed E-state index contributed by atoms with van der Waals surface area (Å²) in [6.45, 7) is 0.408. The van der Waals surface area contributed by atoms with Crippen LogP contribution in [0.5, 0.6) is 5.75 Å². The molecule has 5 rings (SSSR count). The molecule has 0 atom stereocenters. The lowest BCUT2D eigenvalue weighted by Gasteiger charge is -2.20. The van der Waals surface area contributed by atoms with Crippen LogP contribution in [0.3, 0.4) is 0 Å². The van der Waals surface area contributed by atoms with Crippen molar-refractivity contribution >= 4 is 50.0 Å². The minimum Gasteiger partial charge on any atom is -0.482 e. The quantitative estimate of drug-likeness (QED) is 0.437. The molecule has 0 fully saturated rings. The first-order chi connectivity index (χ1) is 16.3. The average molecular weight is 479 g/mol. The number of para-hydroxylation sites is 1. The number of amides is 1. The van der Waals surface area contributed by atoms with E-state index in [1.165, 1.54) is 10.6 Å². The van der Waals surface area contributed by atoms with Crippen molar-refractivity contribution in [2.75, 3.05) is 34.8 Å². The summed E-state index contributed by atoms with van der Waals surface area (Å²) in [5.41, 5.74) is 3.49. The molecule has 0 radical (unpaired) electrons. The van der Waals surface area contributed by atoms with Gasteiger partial charge in [-0.25, -0.2) is 13.4 Å². The fourth-order valence-corrected chi connectivity index (χ4v) is 4.29. The van der Waals surface area contributed by atoms with Gasteiger partial charge in [-0.3, -0.25) is 9.10 Å². The molecule has 1 amide bonds. The lowest BCUT2D eigenvalue weighted by atomic mass is 10.2. The van der Waals surface area contributed by atoms with Crippen LogP contribution in [-0.4, -0.2) is 48.8 Å². The van der Waals surface area contributed by atoms with Gasteiger partial charge in [0.25, 0.3) is 5.91 Å². The highest BCUT2D eigenvalue weighted by Gasteiger charge is 2.18. The number of aromatic nitrogens is 3. The summed E-state index contributed by atoms with van der Waals surface area (Å²) in [6, 6.07) is 14.6. The number of ether oxygens (including phenoxy) is 1. The second-order valence-electron chi connectivity index (χ2n) is 7.95. The maximum Gasteiger partial charge on any atom is 0.262 e. The molecule has 2 aromatic heterocycles. The number of sulfonamides is 1. The van der Waals surface area contributed by atoms with Gasteiger partial charge in [-0.1, -0.05) is 18.2 Å². The molecular formula is C23H22N6O4S. The second-order valence-corrected chi connectivity index (χ2v) is 9.96. The molecule has 0 saturated carbocycles. The minimum absolute atomic E-state index is 0.0254. The molecule has 0 saturated heterocycles. The molecule has 0 spiro atoms. The Balaban J connectivity index is 1.43. The number of anilines is 4. The van der Waals surface area contributed by atoms with E-state index in [1.807, 2.05) is 35.0 Å². The van der Waals surface area contributed by atoms with Crippen LogP contribution in [0, 0.1) is 0 Å². The van der Waals surface area contributed by atoms with Crippen molar-refractivity contribution in [2.24, 2.45) is 0 Å². The Kier molecular flexibility index (Phi) is 5.33. The Labute approximate surface area is 196 Å². The fourth-order valence-electron chi connectivity index (χ4n) is 3.75. The molecule has 1 aliphatic heterocycles. The third kappa shape index (κ3) is 4.25. The number of carbonyl (C=O) groups is 1. The normalized spacial score (nSPS) is 13.2. The zero-order valence-electron chi connectivity index (χ0n) is 18.5. The highest BCUT2D eigenvalue weighted by atomic mass is 32.2. The standard InChI is InChI=1S/C23H22N6O4S/c1-28(34(2,31)32)19-6-4-3-5-16(19)13-29-10-9-15-12-24-23(27-22(15)29)25-17-7-8-18-20(11-17)33-14-21(30)26-18/h3-12H,13-14H2,1-2H3,(H,26,30)(H,24,25,27). The molecule has 1 aliphatic rings. The predicted molar refractivity (Wildman–Crippen MR) is 130 cm³/mol. The Hall–Kier alpha value is -4.12. The van der Waals surface area contributed by atoms with Gasteiger partial charge in [-0.2, -0.15) is 4.98 Å². The maximum absolute atomic E-state index is 12.1. The number of hydrogen-bond donors (Lipinski definition) is 2. The molecule has 0 aliphatic carbocycles. The van der Waals surface area contributed by atoms with E-state index >= 15 is 0 Å². The summed E-state index contributed by atoms with van der Waals surface area (Å²) in [6.07, 6.45) is 4.81. The molecule has 4 aromatic rings. The Bertz CT molecular complexity index is 1520. The molecule has 0 bridgehead atoms. The summed E-state index contributed by atoms with van der Waals surface area (Å²) in [5, 5.41) is 6.79. The van der Waals surface area contributed by atoms with E-state index in [1.54, 1.807) is 37.5 Å². The van der Waals surface area contributed by atoms with Gasteiger partial charge in [0.15, 0.2) is 6.61 Å². The number of carbonyl (C=O) groups excluding carboxylic acids is 1. The summed E-state index contributed by atoms with van der Waals surface area (Å²) in [4.78, 5) is 20.5. The van der Waals surface area contributed by atoms with E-state index in [9.17, 15) is 13.2 Å². The molecule has 10 nitrogen and oxygen atoms in total. The van der Waals surface area contributed by atoms with Gasteiger partial charge >= 0.3 is 0 Å². The van der Waals surface area contributed by atoms with E-state index in [0.29, 0.717) is 41.0 Å². The largest absolute Gasteiger partial charge is 0.482 e. The third-order valence-corrected chi connectivity index (χ3v) is 6.73. The van der Waals surface area contributed by atoms with Crippen molar-refractivity contribution < 1.29 is 17.9 Å². The number of hydrogen-bond acceptors (Lipinski definition) is 7. The topological polar surface area (TPSA) is 118 Å². The van der Waals surface area contributed by atoms with Crippen molar-refractivity contribution in [1.29, 1.82) is 0 Å². The first-order valence-corrected chi connectivity index (χ1v) is 12.3. The van der Waals surface area contributed by atoms with Crippen LogP contribution in [0.2, 0.25) is 0 Å². The van der Waals surface area contributed by atoms with Gasteiger partial charge in [0.2, 0.25) is 16.0 Å². The van der Waals surface area contributed by atoms with Gasteiger partial charge in [0, 0.05) is 36.6 Å².